The Balaban J connectivity index is 2.03. The molecule has 2 aliphatic heterocycles. The summed E-state index contributed by atoms with van der Waals surface area (Å²) < 4.78 is 5.22. The van der Waals surface area contributed by atoms with Gasteiger partial charge >= 0.3 is 6.03 Å². The highest BCUT2D eigenvalue weighted by molar-refractivity contribution is 8.02. The number of methoxy groups -OCH3 is 1. The van der Waals surface area contributed by atoms with Crippen molar-refractivity contribution in [2.75, 3.05) is 19.4 Å². The highest BCUT2D eigenvalue weighted by atomic mass is 32.2. The molecule has 5 nitrogen and oxygen atoms in total. The first-order valence-corrected chi connectivity index (χ1v) is 6.96. The van der Waals surface area contributed by atoms with E-state index < -0.39 is 0 Å². The average Bonchev–Trinajstić information content (AvgIpc) is 2.48. The molecule has 0 bridgehead atoms. The zero-order chi connectivity index (χ0) is 13.2. The van der Waals surface area contributed by atoms with Crippen molar-refractivity contribution in [3.63, 3.8) is 0 Å². The molecule has 2 aliphatic rings. The van der Waals surface area contributed by atoms with E-state index >= 15 is 0 Å². The first kappa shape index (κ1) is 12.1. The van der Waals surface area contributed by atoms with Gasteiger partial charge in [0.15, 0.2) is 0 Å². The average molecular weight is 275 g/mol. The van der Waals surface area contributed by atoms with Crippen LogP contribution in [0.3, 0.4) is 0 Å². The second-order valence-corrected chi connectivity index (χ2v) is 5.11. The number of benzene rings is 1. The fourth-order valence-electron chi connectivity index (χ4n) is 2.06. The van der Waals surface area contributed by atoms with E-state index in [0.717, 1.165) is 28.5 Å². The second-order valence-electron chi connectivity index (χ2n) is 4.13. The Hall–Kier alpha value is -1.95. The van der Waals surface area contributed by atoms with Crippen LogP contribution in [0.2, 0.25) is 0 Å². The summed E-state index contributed by atoms with van der Waals surface area (Å²) in [6.07, 6.45) is 0. The maximum atomic E-state index is 11.8. The van der Waals surface area contributed by atoms with E-state index in [1.54, 1.807) is 23.8 Å². The number of fused-ring (bicyclic) bond motifs is 1. The van der Waals surface area contributed by atoms with Crippen LogP contribution in [0.15, 0.2) is 40.5 Å². The van der Waals surface area contributed by atoms with Gasteiger partial charge in [-0.15, -0.1) is 11.8 Å². The number of nitrogens with one attached hydrogen (secondary N) is 1. The van der Waals surface area contributed by atoms with Gasteiger partial charge in [0.2, 0.25) is 0 Å². The van der Waals surface area contributed by atoms with Crippen LogP contribution in [0.4, 0.5) is 4.79 Å². The minimum absolute atomic E-state index is 0.168. The third kappa shape index (κ3) is 2.19. The van der Waals surface area contributed by atoms with E-state index in [-0.39, 0.29) is 6.03 Å². The van der Waals surface area contributed by atoms with Crippen LogP contribution in [-0.2, 0) is 0 Å². The van der Waals surface area contributed by atoms with Gasteiger partial charge in [-0.05, 0) is 17.5 Å². The van der Waals surface area contributed by atoms with Gasteiger partial charge in [-0.2, -0.15) is 5.10 Å². The third-order valence-corrected chi connectivity index (χ3v) is 3.82. The van der Waals surface area contributed by atoms with Crippen molar-refractivity contribution in [2.24, 2.45) is 5.10 Å². The topological polar surface area (TPSA) is 53.9 Å². The van der Waals surface area contributed by atoms with Gasteiger partial charge in [-0.25, -0.2) is 10.2 Å². The van der Waals surface area contributed by atoms with Gasteiger partial charge in [0.05, 0.1) is 12.8 Å². The molecule has 0 aromatic heterocycles. The molecule has 3 rings (SSSR count). The molecule has 1 aromatic rings. The molecule has 1 aromatic carbocycles. The van der Waals surface area contributed by atoms with Crippen molar-refractivity contribution in [3.8, 4) is 5.75 Å². The summed E-state index contributed by atoms with van der Waals surface area (Å²) in [5.41, 5.74) is 5.10. The highest BCUT2D eigenvalue weighted by Gasteiger charge is 2.29. The maximum absolute atomic E-state index is 11.8. The number of carbonyl (C=O) groups is 1. The fourth-order valence-corrected chi connectivity index (χ4v) is 2.87. The van der Waals surface area contributed by atoms with Crippen LogP contribution in [0.25, 0.3) is 0 Å². The van der Waals surface area contributed by atoms with E-state index in [0.29, 0.717) is 6.54 Å². The number of ether oxygens (including phenoxy) is 1. The third-order valence-electron chi connectivity index (χ3n) is 3.01. The summed E-state index contributed by atoms with van der Waals surface area (Å²) in [5.74, 6) is 1.68. The molecule has 0 radical (unpaired) electrons. The van der Waals surface area contributed by atoms with Crippen LogP contribution in [0.5, 0.6) is 5.75 Å². The number of hydrazone groups is 1. The largest absolute Gasteiger partial charge is 0.497 e. The minimum Gasteiger partial charge on any atom is -0.497 e. The fraction of sp³-hybridized carbons (Fsp3) is 0.231. The lowest BCUT2D eigenvalue weighted by Gasteiger charge is -2.31. The summed E-state index contributed by atoms with van der Waals surface area (Å²) in [6.45, 7) is 0.700. The summed E-state index contributed by atoms with van der Waals surface area (Å²) >= 11 is 1.70. The van der Waals surface area contributed by atoms with Gasteiger partial charge in [0.1, 0.15) is 11.5 Å². The molecule has 6 heteroatoms. The molecule has 2 heterocycles. The normalized spacial score (nSPS) is 18.2. The van der Waals surface area contributed by atoms with Crippen LogP contribution < -0.4 is 10.2 Å². The highest BCUT2D eigenvalue weighted by Crippen LogP contribution is 2.26. The van der Waals surface area contributed by atoms with Gasteiger partial charge in [0.25, 0.3) is 0 Å². The summed E-state index contributed by atoms with van der Waals surface area (Å²) in [7, 11) is 1.63. The Morgan fingerprint density at radius 3 is 3.21 bits per heavy atom. The standard InChI is InChI=1S/C13H13N3O2S/c1-18-10-4-2-3-9(7-10)12-11-8-19-6-5-16(11)13(17)15-14-12/h2-4,7-8H,5-6H2,1H3,(H,15,17). The number of hydrogen-bond acceptors (Lipinski definition) is 4. The predicted octanol–water partition coefficient (Wildman–Crippen LogP) is 2.01. The molecule has 0 unspecified atom stereocenters. The van der Waals surface area contributed by atoms with Crippen LogP contribution in [0.1, 0.15) is 5.56 Å². The van der Waals surface area contributed by atoms with Crippen LogP contribution >= 0.6 is 11.8 Å². The summed E-state index contributed by atoms with van der Waals surface area (Å²) in [6, 6.07) is 7.49. The number of allylic oxidation sites excluding steroid dienone is 1. The first-order valence-electron chi connectivity index (χ1n) is 5.91. The number of amides is 2. The molecule has 0 saturated heterocycles. The van der Waals surface area contributed by atoms with Gasteiger partial charge in [-0.3, -0.25) is 4.90 Å². The zero-order valence-electron chi connectivity index (χ0n) is 10.4. The van der Waals surface area contributed by atoms with Gasteiger partial charge in [0, 0.05) is 17.9 Å². The molecule has 0 fully saturated rings. The van der Waals surface area contributed by atoms with Gasteiger partial charge < -0.3 is 4.74 Å². The Morgan fingerprint density at radius 1 is 1.47 bits per heavy atom. The Kier molecular flexibility index (Phi) is 3.16. The zero-order valence-corrected chi connectivity index (χ0v) is 11.2. The molecular formula is C13H13N3O2S. The monoisotopic (exact) mass is 275 g/mol. The number of rotatable bonds is 2. The molecule has 2 amide bonds. The first-order chi connectivity index (χ1) is 9.29. The Morgan fingerprint density at radius 2 is 2.37 bits per heavy atom. The van der Waals surface area contributed by atoms with Crippen molar-refractivity contribution in [3.05, 3.63) is 40.9 Å². The molecule has 1 N–H and O–H groups in total. The van der Waals surface area contributed by atoms with Crippen LogP contribution in [0, 0.1) is 0 Å². The number of carbonyl (C=O) groups excluding carboxylic acids is 1. The van der Waals surface area contributed by atoms with E-state index in [4.69, 9.17) is 4.74 Å². The predicted molar refractivity (Wildman–Crippen MR) is 75.3 cm³/mol. The lowest BCUT2D eigenvalue weighted by molar-refractivity contribution is 0.213. The van der Waals surface area contributed by atoms with Crippen molar-refractivity contribution in [1.29, 1.82) is 0 Å². The van der Waals surface area contributed by atoms with Crippen molar-refractivity contribution in [2.45, 2.75) is 0 Å². The number of thioether (sulfide) groups is 1. The Labute approximate surface area is 115 Å². The lowest BCUT2D eigenvalue weighted by atomic mass is 10.1. The summed E-state index contributed by atoms with van der Waals surface area (Å²) in [4.78, 5) is 13.5. The Bertz CT molecular complexity index is 583. The molecule has 0 spiro atoms. The van der Waals surface area contributed by atoms with Crippen molar-refractivity contribution >= 4 is 23.5 Å². The van der Waals surface area contributed by atoms with Crippen molar-refractivity contribution < 1.29 is 9.53 Å². The molecule has 98 valence electrons. The van der Waals surface area contributed by atoms with E-state index in [1.807, 2.05) is 29.7 Å². The number of nitrogens with zero attached hydrogens (tertiary/aromatic N) is 2. The van der Waals surface area contributed by atoms with Crippen molar-refractivity contribution in [1.82, 2.24) is 10.3 Å². The quantitative estimate of drug-likeness (QED) is 0.898. The molecular weight excluding hydrogens is 262 g/mol. The SMILES string of the molecule is COc1cccc(C2=NNC(=O)N3CCSC=C23)c1. The smallest absolute Gasteiger partial charge is 0.342 e. The lowest BCUT2D eigenvalue weighted by Crippen LogP contribution is -2.46. The minimum atomic E-state index is -0.168. The van der Waals surface area contributed by atoms with E-state index in [1.165, 1.54) is 0 Å². The summed E-state index contributed by atoms with van der Waals surface area (Å²) in [5, 5.41) is 6.17. The molecule has 19 heavy (non-hydrogen) atoms. The second kappa shape index (κ2) is 4.97. The van der Waals surface area contributed by atoms with Crippen LogP contribution in [-0.4, -0.2) is 36.1 Å². The molecule has 0 saturated carbocycles. The number of urea groups is 1. The number of hydrogen-bond donors (Lipinski definition) is 1. The van der Waals surface area contributed by atoms with Gasteiger partial charge in [-0.1, -0.05) is 12.1 Å². The molecule has 0 aliphatic carbocycles. The van der Waals surface area contributed by atoms with E-state index in [9.17, 15) is 4.79 Å². The van der Waals surface area contributed by atoms with E-state index in [2.05, 4.69) is 10.5 Å². The molecule has 0 atom stereocenters. The maximum Gasteiger partial charge on any atom is 0.342 e.